The Labute approximate surface area is 144 Å². The van der Waals surface area contributed by atoms with Crippen LogP contribution in [0.15, 0.2) is 47.6 Å². The Morgan fingerprint density at radius 1 is 1.29 bits per heavy atom. The monoisotopic (exact) mass is 341 g/mol. The number of nitrogen functional groups attached to an aromatic ring is 1. The van der Waals surface area contributed by atoms with Crippen molar-refractivity contribution in [1.82, 2.24) is 4.98 Å². The SMILES string of the molecule is CC1(c2cccc(NC(=O)c3ccc(N)cn3)c2)CCSC(N)=N1. The van der Waals surface area contributed by atoms with E-state index in [0.29, 0.717) is 22.2 Å². The molecule has 24 heavy (non-hydrogen) atoms. The molecule has 0 radical (unpaired) electrons. The van der Waals surface area contributed by atoms with E-state index in [0.717, 1.165) is 17.7 Å². The van der Waals surface area contributed by atoms with Crippen molar-refractivity contribution in [3.8, 4) is 0 Å². The second kappa shape index (κ2) is 6.52. The molecule has 1 atom stereocenters. The van der Waals surface area contributed by atoms with Gasteiger partial charge in [0.05, 0.1) is 17.4 Å². The Bertz CT molecular complexity index is 790. The number of pyridine rings is 1. The molecule has 5 N–H and O–H groups in total. The van der Waals surface area contributed by atoms with Gasteiger partial charge in [-0.3, -0.25) is 9.79 Å². The number of hydrogen-bond acceptors (Lipinski definition) is 6. The van der Waals surface area contributed by atoms with Gasteiger partial charge in [-0.1, -0.05) is 23.9 Å². The minimum Gasteiger partial charge on any atom is -0.397 e. The lowest BCUT2D eigenvalue weighted by Gasteiger charge is -2.30. The fraction of sp³-hybridized carbons (Fsp3) is 0.235. The van der Waals surface area contributed by atoms with E-state index < -0.39 is 0 Å². The van der Waals surface area contributed by atoms with Crippen LogP contribution in [0.4, 0.5) is 11.4 Å². The topological polar surface area (TPSA) is 106 Å². The lowest BCUT2D eigenvalue weighted by atomic mass is 9.89. The van der Waals surface area contributed by atoms with Gasteiger partial charge in [-0.15, -0.1) is 0 Å². The number of amidine groups is 1. The van der Waals surface area contributed by atoms with Gasteiger partial charge in [0.1, 0.15) is 5.69 Å². The summed E-state index contributed by atoms with van der Waals surface area (Å²) in [5, 5.41) is 3.46. The maximum absolute atomic E-state index is 12.3. The third-order valence-electron chi connectivity index (χ3n) is 3.96. The third-order valence-corrected chi connectivity index (χ3v) is 4.75. The standard InChI is InChI=1S/C17H19N5OS/c1-17(7-8-24-16(19)22-17)11-3-2-4-13(9-11)21-15(23)14-6-5-12(18)10-20-14/h2-6,9-10H,7-8,18H2,1H3,(H2,19,22)(H,21,23). The van der Waals surface area contributed by atoms with Crippen LogP contribution in [-0.2, 0) is 5.54 Å². The van der Waals surface area contributed by atoms with Gasteiger partial charge in [-0.05, 0) is 43.2 Å². The number of nitrogens with zero attached hydrogens (tertiary/aromatic N) is 2. The van der Waals surface area contributed by atoms with E-state index in [1.807, 2.05) is 24.3 Å². The fourth-order valence-corrected chi connectivity index (χ4v) is 3.54. The molecule has 1 aliphatic rings. The molecule has 124 valence electrons. The predicted octanol–water partition coefficient (Wildman–Crippen LogP) is 2.58. The van der Waals surface area contributed by atoms with Gasteiger partial charge in [0.25, 0.3) is 5.91 Å². The van der Waals surface area contributed by atoms with Gasteiger partial charge in [-0.2, -0.15) is 0 Å². The number of anilines is 2. The molecule has 0 saturated carbocycles. The molecule has 1 aliphatic heterocycles. The summed E-state index contributed by atoms with van der Waals surface area (Å²) in [4.78, 5) is 20.9. The summed E-state index contributed by atoms with van der Waals surface area (Å²) in [6.45, 7) is 2.06. The van der Waals surface area contributed by atoms with Crippen molar-refractivity contribution in [3.63, 3.8) is 0 Å². The van der Waals surface area contributed by atoms with Crippen LogP contribution >= 0.6 is 11.8 Å². The van der Waals surface area contributed by atoms with Gasteiger partial charge >= 0.3 is 0 Å². The summed E-state index contributed by atoms with van der Waals surface area (Å²) in [6, 6.07) is 10.9. The maximum Gasteiger partial charge on any atom is 0.274 e. The lowest BCUT2D eigenvalue weighted by molar-refractivity contribution is 0.102. The van der Waals surface area contributed by atoms with Gasteiger partial charge in [0.2, 0.25) is 0 Å². The molecule has 1 aromatic carbocycles. The van der Waals surface area contributed by atoms with E-state index in [1.54, 1.807) is 23.9 Å². The highest BCUT2D eigenvalue weighted by atomic mass is 32.2. The van der Waals surface area contributed by atoms with E-state index >= 15 is 0 Å². The molecule has 2 heterocycles. The zero-order valence-electron chi connectivity index (χ0n) is 13.3. The van der Waals surface area contributed by atoms with Crippen molar-refractivity contribution in [1.29, 1.82) is 0 Å². The van der Waals surface area contributed by atoms with E-state index in [4.69, 9.17) is 11.5 Å². The minimum absolute atomic E-state index is 0.278. The predicted molar refractivity (Wildman–Crippen MR) is 99.1 cm³/mol. The molecule has 1 aromatic heterocycles. The van der Waals surface area contributed by atoms with Crippen LogP contribution in [0.25, 0.3) is 0 Å². The first kappa shape index (κ1) is 16.3. The average molecular weight is 341 g/mol. The Kier molecular flexibility index (Phi) is 4.44. The molecule has 1 unspecified atom stereocenters. The van der Waals surface area contributed by atoms with E-state index in [9.17, 15) is 4.79 Å². The zero-order chi connectivity index (χ0) is 17.2. The summed E-state index contributed by atoms with van der Waals surface area (Å²) in [7, 11) is 0. The number of nitrogens with one attached hydrogen (secondary N) is 1. The van der Waals surface area contributed by atoms with Crippen LogP contribution in [0.3, 0.4) is 0 Å². The van der Waals surface area contributed by atoms with Crippen LogP contribution in [0.2, 0.25) is 0 Å². The smallest absolute Gasteiger partial charge is 0.274 e. The molecule has 3 rings (SSSR count). The Morgan fingerprint density at radius 2 is 2.12 bits per heavy atom. The van der Waals surface area contributed by atoms with Gasteiger partial charge in [0, 0.05) is 11.4 Å². The molecule has 0 aliphatic carbocycles. The molecular formula is C17H19N5OS. The van der Waals surface area contributed by atoms with Crippen molar-refractivity contribution < 1.29 is 4.79 Å². The highest BCUT2D eigenvalue weighted by molar-refractivity contribution is 8.13. The summed E-state index contributed by atoms with van der Waals surface area (Å²) in [6.07, 6.45) is 2.36. The Balaban J connectivity index is 1.82. The molecular weight excluding hydrogens is 322 g/mol. The zero-order valence-corrected chi connectivity index (χ0v) is 14.1. The van der Waals surface area contributed by atoms with Gasteiger partial charge in [0.15, 0.2) is 5.17 Å². The number of amides is 1. The summed E-state index contributed by atoms with van der Waals surface area (Å²) >= 11 is 1.57. The molecule has 7 heteroatoms. The second-order valence-corrected chi connectivity index (χ2v) is 6.95. The number of nitrogens with two attached hydrogens (primary N) is 2. The number of benzene rings is 1. The Morgan fingerprint density at radius 3 is 2.83 bits per heavy atom. The van der Waals surface area contributed by atoms with Crippen molar-refractivity contribution in [2.24, 2.45) is 10.7 Å². The largest absolute Gasteiger partial charge is 0.397 e. The Hall–Kier alpha value is -2.54. The number of carbonyl (C=O) groups is 1. The van der Waals surface area contributed by atoms with Crippen LogP contribution in [-0.4, -0.2) is 21.8 Å². The van der Waals surface area contributed by atoms with Crippen LogP contribution in [0.5, 0.6) is 0 Å². The van der Waals surface area contributed by atoms with E-state index in [-0.39, 0.29) is 11.4 Å². The number of hydrogen-bond donors (Lipinski definition) is 3. The first-order valence-electron chi connectivity index (χ1n) is 7.58. The average Bonchev–Trinajstić information content (AvgIpc) is 2.55. The van der Waals surface area contributed by atoms with E-state index in [2.05, 4.69) is 22.2 Å². The first-order valence-corrected chi connectivity index (χ1v) is 8.56. The molecule has 2 aromatic rings. The van der Waals surface area contributed by atoms with Crippen molar-refractivity contribution in [2.45, 2.75) is 18.9 Å². The normalized spacial score (nSPS) is 20.3. The molecule has 0 fully saturated rings. The van der Waals surface area contributed by atoms with Crippen LogP contribution in [0, 0.1) is 0 Å². The highest BCUT2D eigenvalue weighted by Gasteiger charge is 2.29. The molecule has 1 amide bonds. The van der Waals surface area contributed by atoms with Gasteiger partial charge < -0.3 is 16.8 Å². The van der Waals surface area contributed by atoms with Crippen molar-refractivity contribution in [3.05, 3.63) is 53.9 Å². The van der Waals surface area contributed by atoms with Crippen molar-refractivity contribution in [2.75, 3.05) is 16.8 Å². The lowest BCUT2D eigenvalue weighted by Crippen LogP contribution is -2.28. The fourth-order valence-electron chi connectivity index (χ4n) is 2.56. The number of rotatable bonds is 3. The maximum atomic E-state index is 12.3. The molecule has 0 saturated heterocycles. The van der Waals surface area contributed by atoms with Gasteiger partial charge in [-0.25, -0.2) is 4.98 Å². The molecule has 0 spiro atoms. The quantitative estimate of drug-likeness (QED) is 0.795. The molecule has 6 nitrogen and oxygen atoms in total. The van der Waals surface area contributed by atoms with Crippen LogP contribution in [0.1, 0.15) is 29.4 Å². The number of aromatic nitrogens is 1. The number of carbonyl (C=O) groups excluding carboxylic acids is 1. The van der Waals surface area contributed by atoms with E-state index in [1.165, 1.54) is 6.20 Å². The minimum atomic E-state index is -0.366. The summed E-state index contributed by atoms with van der Waals surface area (Å²) in [5.74, 6) is 0.650. The summed E-state index contributed by atoms with van der Waals surface area (Å²) in [5.41, 5.74) is 13.7. The molecule has 0 bridgehead atoms. The number of aliphatic imine (C=N–C) groups is 1. The van der Waals surface area contributed by atoms with Crippen molar-refractivity contribution >= 4 is 34.2 Å². The third kappa shape index (κ3) is 3.51. The summed E-state index contributed by atoms with van der Waals surface area (Å²) < 4.78 is 0. The first-order chi connectivity index (χ1) is 11.5. The van der Waals surface area contributed by atoms with Crippen LogP contribution < -0.4 is 16.8 Å². The highest BCUT2D eigenvalue weighted by Crippen LogP contribution is 2.35. The second-order valence-electron chi connectivity index (χ2n) is 5.83. The number of thioether (sulfide) groups is 1.